The largest absolute Gasteiger partial charge is 0.438 e. The predicted octanol–water partition coefficient (Wildman–Crippen LogP) is 2.57. The fourth-order valence-electron chi connectivity index (χ4n) is 1.42. The SMILES string of the molecule is CNc1ncnc(Oc2cccc(CO)c2)c1Br. The quantitative estimate of drug-likeness (QED) is 0.908. The molecule has 18 heavy (non-hydrogen) atoms. The van der Waals surface area contributed by atoms with Crippen molar-refractivity contribution in [3.05, 3.63) is 40.6 Å². The Morgan fingerprint density at radius 3 is 2.94 bits per heavy atom. The van der Waals surface area contributed by atoms with Crippen molar-refractivity contribution in [1.29, 1.82) is 0 Å². The van der Waals surface area contributed by atoms with Crippen LogP contribution in [0.4, 0.5) is 5.82 Å². The summed E-state index contributed by atoms with van der Waals surface area (Å²) in [5, 5.41) is 12.0. The maximum atomic E-state index is 9.06. The number of nitrogens with one attached hydrogen (secondary N) is 1. The van der Waals surface area contributed by atoms with E-state index in [1.54, 1.807) is 19.2 Å². The van der Waals surface area contributed by atoms with Crippen molar-refractivity contribution in [2.24, 2.45) is 0 Å². The summed E-state index contributed by atoms with van der Waals surface area (Å²) in [4.78, 5) is 8.10. The van der Waals surface area contributed by atoms with Crippen LogP contribution in [0.1, 0.15) is 5.56 Å². The molecule has 94 valence electrons. The first-order valence-electron chi connectivity index (χ1n) is 5.30. The normalized spacial score (nSPS) is 10.2. The first-order chi connectivity index (χ1) is 8.74. The van der Waals surface area contributed by atoms with E-state index in [1.165, 1.54) is 6.33 Å². The van der Waals surface area contributed by atoms with E-state index in [4.69, 9.17) is 9.84 Å². The number of halogens is 1. The number of nitrogens with zero attached hydrogens (tertiary/aromatic N) is 2. The van der Waals surface area contributed by atoms with Crippen molar-refractivity contribution in [2.75, 3.05) is 12.4 Å². The fraction of sp³-hybridized carbons (Fsp3) is 0.167. The highest BCUT2D eigenvalue weighted by Crippen LogP contribution is 2.31. The number of anilines is 1. The van der Waals surface area contributed by atoms with Gasteiger partial charge in [0.15, 0.2) is 0 Å². The van der Waals surface area contributed by atoms with Crippen molar-refractivity contribution in [2.45, 2.75) is 6.61 Å². The van der Waals surface area contributed by atoms with Gasteiger partial charge in [-0.2, -0.15) is 0 Å². The van der Waals surface area contributed by atoms with Gasteiger partial charge in [0.25, 0.3) is 0 Å². The topological polar surface area (TPSA) is 67.3 Å². The van der Waals surface area contributed by atoms with Crippen molar-refractivity contribution < 1.29 is 9.84 Å². The van der Waals surface area contributed by atoms with Gasteiger partial charge in [0.2, 0.25) is 5.88 Å². The minimum absolute atomic E-state index is 0.0239. The molecule has 1 heterocycles. The third-order valence-corrected chi connectivity index (χ3v) is 3.00. The van der Waals surface area contributed by atoms with Gasteiger partial charge in [-0.3, -0.25) is 0 Å². The molecule has 0 atom stereocenters. The minimum atomic E-state index is -0.0239. The van der Waals surface area contributed by atoms with Crippen LogP contribution < -0.4 is 10.1 Å². The third-order valence-electron chi connectivity index (χ3n) is 2.29. The van der Waals surface area contributed by atoms with Crippen molar-refractivity contribution in [3.63, 3.8) is 0 Å². The summed E-state index contributed by atoms with van der Waals surface area (Å²) in [6, 6.07) is 7.19. The molecule has 2 N–H and O–H groups in total. The molecule has 0 radical (unpaired) electrons. The van der Waals surface area contributed by atoms with Crippen LogP contribution in [0.25, 0.3) is 0 Å². The standard InChI is InChI=1S/C12H12BrN3O2/c1-14-11-10(13)12(16-7-15-11)18-9-4-2-3-8(5-9)6-17/h2-5,7,17H,6H2,1H3,(H,14,15,16). The highest BCUT2D eigenvalue weighted by molar-refractivity contribution is 9.10. The lowest BCUT2D eigenvalue weighted by atomic mass is 10.2. The lowest BCUT2D eigenvalue weighted by Gasteiger charge is -2.09. The Morgan fingerprint density at radius 1 is 1.39 bits per heavy atom. The zero-order valence-electron chi connectivity index (χ0n) is 9.72. The second-order valence-electron chi connectivity index (χ2n) is 3.50. The van der Waals surface area contributed by atoms with E-state index in [9.17, 15) is 0 Å². The molecule has 0 saturated carbocycles. The van der Waals surface area contributed by atoms with Gasteiger partial charge in [-0.25, -0.2) is 9.97 Å². The average molecular weight is 310 g/mol. The summed E-state index contributed by atoms with van der Waals surface area (Å²) in [7, 11) is 1.77. The van der Waals surface area contributed by atoms with Crippen LogP contribution in [0, 0.1) is 0 Å². The van der Waals surface area contributed by atoms with E-state index in [0.29, 0.717) is 21.9 Å². The van der Waals surface area contributed by atoms with Gasteiger partial charge in [0.05, 0.1) is 6.61 Å². The zero-order chi connectivity index (χ0) is 13.0. The first kappa shape index (κ1) is 12.8. The Hall–Kier alpha value is -1.66. The molecular weight excluding hydrogens is 298 g/mol. The monoisotopic (exact) mass is 309 g/mol. The molecule has 0 aliphatic rings. The Bertz CT molecular complexity index is 549. The second-order valence-corrected chi connectivity index (χ2v) is 4.29. The summed E-state index contributed by atoms with van der Waals surface area (Å²) in [6.07, 6.45) is 1.42. The molecule has 1 aromatic carbocycles. The number of aromatic nitrogens is 2. The van der Waals surface area contributed by atoms with E-state index in [2.05, 4.69) is 31.2 Å². The molecule has 0 saturated heterocycles. The van der Waals surface area contributed by atoms with Gasteiger partial charge in [-0.05, 0) is 33.6 Å². The van der Waals surface area contributed by atoms with Crippen LogP contribution in [0.2, 0.25) is 0 Å². The average Bonchev–Trinajstić information content (AvgIpc) is 2.41. The lowest BCUT2D eigenvalue weighted by Crippen LogP contribution is -1.97. The molecule has 0 aliphatic heterocycles. The Balaban J connectivity index is 2.28. The molecule has 0 amide bonds. The number of benzene rings is 1. The molecule has 6 heteroatoms. The number of hydrogen-bond acceptors (Lipinski definition) is 5. The summed E-state index contributed by atoms with van der Waals surface area (Å²) in [6.45, 7) is -0.0239. The highest BCUT2D eigenvalue weighted by atomic mass is 79.9. The van der Waals surface area contributed by atoms with Crippen molar-refractivity contribution in [1.82, 2.24) is 9.97 Å². The predicted molar refractivity (Wildman–Crippen MR) is 71.7 cm³/mol. The minimum Gasteiger partial charge on any atom is -0.438 e. The molecule has 0 unspecified atom stereocenters. The van der Waals surface area contributed by atoms with E-state index >= 15 is 0 Å². The van der Waals surface area contributed by atoms with Crippen LogP contribution in [-0.4, -0.2) is 22.1 Å². The van der Waals surface area contributed by atoms with E-state index in [1.807, 2.05) is 12.1 Å². The lowest BCUT2D eigenvalue weighted by molar-refractivity contribution is 0.281. The summed E-state index contributed by atoms with van der Waals surface area (Å²) in [5.41, 5.74) is 0.784. The maximum Gasteiger partial charge on any atom is 0.238 e. The van der Waals surface area contributed by atoms with Crippen LogP contribution in [-0.2, 0) is 6.61 Å². The van der Waals surface area contributed by atoms with Gasteiger partial charge in [0.1, 0.15) is 22.4 Å². The highest BCUT2D eigenvalue weighted by Gasteiger charge is 2.09. The van der Waals surface area contributed by atoms with Gasteiger partial charge in [-0.1, -0.05) is 12.1 Å². The van der Waals surface area contributed by atoms with Gasteiger partial charge >= 0.3 is 0 Å². The van der Waals surface area contributed by atoms with Crippen molar-refractivity contribution >= 4 is 21.7 Å². The van der Waals surface area contributed by atoms with Crippen LogP contribution in [0.5, 0.6) is 11.6 Å². The second kappa shape index (κ2) is 5.79. The third kappa shape index (κ3) is 2.77. The molecule has 0 aliphatic carbocycles. The van der Waals surface area contributed by atoms with Crippen molar-refractivity contribution in [3.8, 4) is 11.6 Å². The molecule has 1 aromatic heterocycles. The fourth-order valence-corrected chi connectivity index (χ4v) is 1.90. The summed E-state index contributed by atoms with van der Waals surface area (Å²) >= 11 is 3.37. The molecular formula is C12H12BrN3O2. The van der Waals surface area contributed by atoms with Crippen LogP contribution in [0.3, 0.4) is 0 Å². The molecule has 2 rings (SSSR count). The molecule has 5 nitrogen and oxygen atoms in total. The number of rotatable bonds is 4. The zero-order valence-corrected chi connectivity index (χ0v) is 11.3. The Morgan fingerprint density at radius 2 is 2.22 bits per heavy atom. The van der Waals surface area contributed by atoms with E-state index in [-0.39, 0.29) is 6.61 Å². The molecule has 0 fully saturated rings. The smallest absolute Gasteiger partial charge is 0.238 e. The Kier molecular flexibility index (Phi) is 4.11. The van der Waals surface area contributed by atoms with E-state index < -0.39 is 0 Å². The number of hydrogen-bond donors (Lipinski definition) is 2. The summed E-state index contributed by atoms with van der Waals surface area (Å²) < 4.78 is 6.30. The van der Waals surface area contributed by atoms with Gasteiger partial charge in [0, 0.05) is 7.05 Å². The van der Waals surface area contributed by atoms with Crippen LogP contribution >= 0.6 is 15.9 Å². The summed E-state index contributed by atoms with van der Waals surface area (Å²) in [5.74, 6) is 1.69. The van der Waals surface area contributed by atoms with Gasteiger partial charge in [-0.15, -0.1) is 0 Å². The van der Waals surface area contributed by atoms with Gasteiger partial charge < -0.3 is 15.2 Å². The molecule has 2 aromatic rings. The Labute approximate surface area is 113 Å². The number of aliphatic hydroxyl groups excluding tert-OH is 1. The maximum absolute atomic E-state index is 9.06. The molecule has 0 bridgehead atoms. The molecule has 0 spiro atoms. The van der Waals surface area contributed by atoms with Crippen LogP contribution in [0.15, 0.2) is 35.1 Å². The first-order valence-corrected chi connectivity index (χ1v) is 6.09. The number of ether oxygens (including phenoxy) is 1. The number of aliphatic hydroxyl groups is 1. The van der Waals surface area contributed by atoms with E-state index in [0.717, 1.165) is 5.56 Å².